The monoisotopic (exact) mass is 400 g/mol. The van der Waals surface area contributed by atoms with Gasteiger partial charge in [-0.1, -0.05) is 35.4 Å². The summed E-state index contributed by atoms with van der Waals surface area (Å²) in [5.74, 6) is 0.898. The summed E-state index contributed by atoms with van der Waals surface area (Å²) in [6.07, 6.45) is 1.13. The summed E-state index contributed by atoms with van der Waals surface area (Å²) in [5, 5.41) is 0.549. The van der Waals surface area contributed by atoms with E-state index in [0.29, 0.717) is 56.2 Å². The minimum Gasteiger partial charge on any atom is -0.494 e. The Morgan fingerprint density at radius 2 is 1.68 bits per heavy atom. The SMILES string of the molecule is Cc1ccc(OCCCC(=O)N2CCN(C(=O)c3cccc(Cl)c3)CC2)cc1. The Balaban J connectivity index is 1.38. The molecule has 1 aliphatic heterocycles. The summed E-state index contributed by atoms with van der Waals surface area (Å²) in [4.78, 5) is 28.5. The number of hydrogen-bond donors (Lipinski definition) is 0. The van der Waals surface area contributed by atoms with E-state index in [1.165, 1.54) is 5.56 Å². The van der Waals surface area contributed by atoms with E-state index < -0.39 is 0 Å². The van der Waals surface area contributed by atoms with Crippen LogP contribution in [0.1, 0.15) is 28.8 Å². The van der Waals surface area contributed by atoms with E-state index in [9.17, 15) is 9.59 Å². The van der Waals surface area contributed by atoms with Crippen molar-refractivity contribution < 1.29 is 14.3 Å². The average molecular weight is 401 g/mol. The Morgan fingerprint density at radius 3 is 2.36 bits per heavy atom. The molecule has 6 heteroatoms. The third kappa shape index (κ3) is 5.49. The first-order valence-corrected chi connectivity index (χ1v) is 9.93. The van der Waals surface area contributed by atoms with Crippen LogP contribution in [0.3, 0.4) is 0 Å². The summed E-state index contributed by atoms with van der Waals surface area (Å²) in [5.41, 5.74) is 1.77. The summed E-state index contributed by atoms with van der Waals surface area (Å²) in [6.45, 7) is 4.74. The van der Waals surface area contributed by atoms with Crippen LogP contribution in [0.15, 0.2) is 48.5 Å². The quantitative estimate of drug-likeness (QED) is 0.693. The van der Waals surface area contributed by atoms with Gasteiger partial charge in [-0.2, -0.15) is 0 Å². The van der Waals surface area contributed by atoms with Crippen LogP contribution in [0.5, 0.6) is 5.75 Å². The molecule has 2 aromatic carbocycles. The summed E-state index contributed by atoms with van der Waals surface area (Å²) < 4.78 is 5.67. The second kappa shape index (κ2) is 9.60. The number of piperazine rings is 1. The van der Waals surface area contributed by atoms with E-state index in [0.717, 1.165) is 5.75 Å². The van der Waals surface area contributed by atoms with E-state index in [4.69, 9.17) is 16.3 Å². The molecule has 0 aliphatic carbocycles. The minimum absolute atomic E-state index is 0.0407. The summed E-state index contributed by atoms with van der Waals surface area (Å²) in [6, 6.07) is 14.8. The number of ether oxygens (including phenoxy) is 1. The normalized spacial score (nSPS) is 14.1. The molecule has 0 radical (unpaired) electrons. The topological polar surface area (TPSA) is 49.9 Å². The van der Waals surface area contributed by atoms with E-state index in [-0.39, 0.29) is 11.8 Å². The number of rotatable bonds is 6. The lowest BCUT2D eigenvalue weighted by molar-refractivity contribution is -0.132. The maximum absolute atomic E-state index is 12.5. The molecule has 3 rings (SSSR count). The number of carbonyl (C=O) groups excluding carboxylic acids is 2. The zero-order valence-electron chi connectivity index (χ0n) is 16.1. The molecule has 0 aromatic heterocycles. The minimum atomic E-state index is -0.0407. The van der Waals surface area contributed by atoms with Gasteiger partial charge < -0.3 is 14.5 Å². The van der Waals surface area contributed by atoms with Gasteiger partial charge in [-0.3, -0.25) is 9.59 Å². The van der Waals surface area contributed by atoms with Gasteiger partial charge in [0, 0.05) is 43.2 Å². The van der Waals surface area contributed by atoms with Gasteiger partial charge in [0.25, 0.3) is 5.91 Å². The molecule has 1 aliphatic rings. The number of benzene rings is 2. The lowest BCUT2D eigenvalue weighted by atomic mass is 10.1. The van der Waals surface area contributed by atoms with E-state index in [1.807, 2.05) is 36.1 Å². The van der Waals surface area contributed by atoms with Gasteiger partial charge in [0.15, 0.2) is 0 Å². The van der Waals surface area contributed by atoms with Crippen molar-refractivity contribution in [1.82, 2.24) is 9.80 Å². The smallest absolute Gasteiger partial charge is 0.254 e. The van der Waals surface area contributed by atoms with Crippen molar-refractivity contribution in [2.45, 2.75) is 19.8 Å². The molecule has 0 bridgehead atoms. The standard InChI is InChI=1S/C22H25ClN2O3/c1-17-7-9-20(10-8-17)28-15-3-6-21(26)24-11-13-25(14-12-24)22(27)18-4-2-5-19(23)16-18/h2,4-5,7-10,16H,3,6,11-15H2,1H3. The largest absolute Gasteiger partial charge is 0.494 e. The number of aryl methyl sites for hydroxylation is 1. The van der Waals surface area contributed by atoms with Crippen LogP contribution < -0.4 is 4.74 Å². The molecule has 28 heavy (non-hydrogen) atoms. The van der Waals surface area contributed by atoms with Crippen molar-refractivity contribution >= 4 is 23.4 Å². The van der Waals surface area contributed by atoms with Gasteiger partial charge >= 0.3 is 0 Å². The van der Waals surface area contributed by atoms with E-state index in [1.54, 1.807) is 29.2 Å². The van der Waals surface area contributed by atoms with Crippen LogP contribution in [-0.2, 0) is 4.79 Å². The molecule has 1 heterocycles. The molecule has 1 saturated heterocycles. The molecule has 0 spiro atoms. The number of amides is 2. The van der Waals surface area contributed by atoms with Crippen molar-refractivity contribution in [1.29, 1.82) is 0 Å². The molecule has 148 valence electrons. The molecule has 0 N–H and O–H groups in total. The highest BCUT2D eigenvalue weighted by Crippen LogP contribution is 2.15. The number of hydrogen-bond acceptors (Lipinski definition) is 3. The fourth-order valence-electron chi connectivity index (χ4n) is 3.17. The average Bonchev–Trinajstić information content (AvgIpc) is 2.72. The lowest BCUT2D eigenvalue weighted by Gasteiger charge is -2.35. The van der Waals surface area contributed by atoms with Crippen molar-refractivity contribution in [3.8, 4) is 5.75 Å². The molecule has 5 nitrogen and oxygen atoms in total. The first-order valence-electron chi connectivity index (χ1n) is 9.55. The number of carbonyl (C=O) groups is 2. The van der Waals surface area contributed by atoms with Crippen LogP contribution in [0.2, 0.25) is 5.02 Å². The second-order valence-electron chi connectivity index (χ2n) is 6.95. The van der Waals surface area contributed by atoms with Gasteiger partial charge in [-0.25, -0.2) is 0 Å². The Kier molecular flexibility index (Phi) is 6.93. The van der Waals surface area contributed by atoms with Gasteiger partial charge in [0.2, 0.25) is 5.91 Å². The van der Waals surface area contributed by atoms with Crippen molar-refractivity contribution in [3.05, 3.63) is 64.7 Å². The molecular formula is C22H25ClN2O3. The third-order valence-electron chi connectivity index (χ3n) is 4.82. The Hall–Kier alpha value is -2.53. The Morgan fingerprint density at radius 1 is 1.00 bits per heavy atom. The first kappa shape index (κ1) is 20.2. The maximum atomic E-state index is 12.5. The highest BCUT2D eigenvalue weighted by atomic mass is 35.5. The summed E-state index contributed by atoms with van der Waals surface area (Å²) >= 11 is 5.97. The van der Waals surface area contributed by atoms with Crippen molar-refractivity contribution in [2.75, 3.05) is 32.8 Å². The number of halogens is 1. The first-order chi connectivity index (χ1) is 13.5. The van der Waals surface area contributed by atoms with Crippen LogP contribution in [0, 0.1) is 6.92 Å². The molecule has 0 saturated carbocycles. The van der Waals surface area contributed by atoms with Gasteiger partial charge in [0.05, 0.1) is 6.61 Å². The van der Waals surface area contributed by atoms with Crippen LogP contribution in [0.4, 0.5) is 0 Å². The maximum Gasteiger partial charge on any atom is 0.254 e. The fraction of sp³-hybridized carbons (Fsp3) is 0.364. The molecular weight excluding hydrogens is 376 g/mol. The molecule has 0 atom stereocenters. The zero-order valence-corrected chi connectivity index (χ0v) is 16.8. The fourth-order valence-corrected chi connectivity index (χ4v) is 3.36. The third-order valence-corrected chi connectivity index (χ3v) is 5.05. The van der Waals surface area contributed by atoms with Crippen LogP contribution >= 0.6 is 11.6 Å². The van der Waals surface area contributed by atoms with Crippen LogP contribution in [-0.4, -0.2) is 54.4 Å². The molecule has 2 aromatic rings. The summed E-state index contributed by atoms with van der Waals surface area (Å²) in [7, 11) is 0. The zero-order chi connectivity index (χ0) is 19.9. The predicted molar refractivity (Wildman–Crippen MR) is 110 cm³/mol. The highest BCUT2D eigenvalue weighted by molar-refractivity contribution is 6.30. The number of nitrogens with zero attached hydrogens (tertiary/aromatic N) is 2. The Labute approximate surface area is 170 Å². The molecule has 1 fully saturated rings. The van der Waals surface area contributed by atoms with Gasteiger partial charge in [-0.05, 0) is 43.7 Å². The van der Waals surface area contributed by atoms with Crippen LogP contribution in [0.25, 0.3) is 0 Å². The predicted octanol–water partition coefficient (Wildman–Crippen LogP) is 3.79. The molecule has 2 amide bonds. The van der Waals surface area contributed by atoms with Gasteiger partial charge in [-0.15, -0.1) is 0 Å². The van der Waals surface area contributed by atoms with Crippen molar-refractivity contribution in [2.24, 2.45) is 0 Å². The highest BCUT2D eigenvalue weighted by Gasteiger charge is 2.24. The molecule has 0 unspecified atom stereocenters. The van der Waals surface area contributed by atoms with Gasteiger partial charge in [0.1, 0.15) is 5.75 Å². The lowest BCUT2D eigenvalue weighted by Crippen LogP contribution is -2.50. The van der Waals surface area contributed by atoms with E-state index in [2.05, 4.69) is 0 Å². The Bertz CT molecular complexity index is 815. The van der Waals surface area contributed by atoms with Crippen molar-refractivity contribution in [3.63, 3.8) is 0 Å². The van der Waals surface area contributed by atoms with E-state index >= 15 is 0 Å². The second-order valence-corrected chi connectivity index (χ2v) is 7.38.